The molecule has 0 fully saturated rings. The predicted octanol–water partition coefficient (Wildman–Crippen LogP) is 2.80. The Bertz CT molecular complexity index is 436. The average molecular weight is 294 g/mol. The van der Waals surface area contributed by atoms with Crippen molar-refractivity contribution in [3.63, 3.8) is 0 Å². The molecule has 0 aliphatic rings. The van der Waals surface area contributed by atoms with Crippen LogP contribution in [0.25, 0.3) is 0 Å². The topological polar surface area (TPSA) is 38.3 Å². The predicted molar refractivity (Wildman–Crippen MR) is 70.3 cm³/mol. The minimum Gasteiger partial charge on any atom is -0.494 e. The Balaban J connectivity index is 2.91. The smallest absolute Gasteiger partial charge is 0.251 e. The Morgan fingerprint density at radius 2 is 2.06 bits per heavy atom. The van der Waals surface area contributed by atoms with E-state index in [0.29, 0.717) is 0 Å². The SMILES string of the molecule is COc1cc(C(=O)NC(C)(CCl)CCl)ccc1F. The highest BCUT2D eigenvalue weighted by atomic mass is 35.5. The fourth-order valence-electron chi connectivity index (χ4n) is 1.25. The fraction of sp³-hybridized carbons (Fsp3) is 0.417. The van der Waals surface area contributed by atoms with Crippen molar-refractivity contribution in [3.05, 3.63) is 29.6 Å². The molecule has 0 aliphatic heterocycles. The van der Waals surface area contributed by atoms with Crippen molar-refractivity contribution in [2.45, 2.75) is 12.5 Å². The normalized spacial score (nSPS) is 11.2. The number of halogens is 3. The minimum atomic E-state index is -0.707. The molecule has 0 radical (unpaired) electrons. The molecule has 1 aromatic carbocycles. The second-order valence-electron chi connectivity index (χ2n) is 4.13. The summed E-state index contributed by atoms with van der Waals surface area (Å²) in [7, 11) is 1.34. The molecule has 0 atom stereocenters. The molecule has 18 heavy (non-hydrogen) atoms. The first-order chi connectivity index (χ1) is 8.45. The third-order valence-corrected chi connectivity index (χ3v) is 3.60. The van der Waals surface area contributed by atoms with Crippen LogP contribution >= 0.6 is 23.2 Å². The lowest BCUT2D eigenvalue weighted by molar-refractivity contribution is 0.0921. The Morgan fingerprint density at radius 1 is 1.44 bits per heavy atom. The molecule has 0 aromatic heterocycles. The van der Waals surface area contributed by atoms with Crippen molar-refractivity contribution >= 4 is 29.1 Å². The lowest BCUT2D eigenvalue weighted by atomic mass is 10.1. The maximum atomic E-state index is 13.2. The summed E-state index contributed by atoms with van der Waals surface area (Å²) < 4.78 is 18.0. The number of hydrogen-bond donors (Lipinski definition) is 1. The number of ether oxygens (including phenoxy) is 1. The van der Waals surface area contributed by atoms with Crippen LogP contribution in [0.15, 0.2) is 18.2 Å². The standard InChI is InChI=1S/C12H14Cl2FNO2/c1-12(6-13,7-14)16-11(17)8-3-4-9(15)10(5-8)18-2/h3-5H,6-7H2,1-2H3,(H,16,17). The van der Waals surface area contributed by atoms with Crippen LogP contribution in [0.5, 0.6) is 5.75 Å². The Hall–Kier alpha value is -1.00. The van der Waals surface area contributed by atoms with Gasteiger partial charge < -0.3 is 10.1 Å². The van der Waals surface area contributed by atoms with Crippen LogP contribution in [-0.2, 0) is 0 Å². The number of methoxy groups -OCH3 is 1. The molecular weight excluding hydrogens is 280 g/mol. The number of nitrogens with one attached hydrogen (secondary N) is 1. The first-order valence-electron chi connectivity index (χ1n) is 5.24. The Kier molecular flexibility index (Phi) is 5.23. The number of benzene rings is 1. The maximum Gasteiger partial charge on any atom is 0.251 e. The molecule has 0 unspecified atom stereocenters. The zero-order chi connectivity index (χ0) is 13.8. The zero-order valence-corrected chi connectivity index (χ0v) is 11.6. The number of alkyl halides is 2. The number of amides is 1. The molecule has 1 aromatic rings. The van der Waals surface area contributed by atoms with Gasteiger partial charge in [0.05, 0.1) is 12.6 Å². The van der Waals surface area contributed by atoms with E-state index >= 15 is 0 Å². The molecule has 1 rings (SSSR count). The van der Waals surface area contributed by atoms with Crippen molar-refractivity contribution in [3.8, 4) is 5.75 Å². The second-order valence-corrected chi connectivity index (χ2v) is 4.67. The van der Waals surface area contributed by atoms with E-state index < -0.39 is 11.4 Å². The van der Waals surface area contributed by atoms with Crippen LogP contribution < -0.4 is 10.1 Å². The summed E-state index contributed by atoms with van der Waals surface area (Å²) in [6.07, 6.45) is 0. The van der Waals surface area contributed by atoms with E-state index in [9.17, 15) is 9.18 Å². The van der Waals surface area contributed by atoms with Crippen LogP contribution in [0.3, 0.4) is 0 Å². The van der Waals surface area contributed by atoms with Crippen LogP contribution in [0, 0.1) is 5.82 Å². The van der Waals surface area contributed by atoms with E-state index in [1.807, 2.05) is 0 Å². The van der Waals surface area contributed by atoms with Gasteiger partial charge in [-0.3, -0.25) is 4.79 Å². The lowest BCUT2D eigenvalue weighted by Gasteiger charge is -2.25. The van der Waals surface area contributed by atoms with Gasteiger partial charge in [-0.05, 0) is 25.1 Å². The summed E-state index contributed by atoms with van der Waals surface area (Å²) in [5, 5.41) is 2.70. The van der Waals surface area contributed by atoms with Gasteiger partial charge in [-0.2, -0.15) is 0 Å². The summed E-state index contributed by atoms with van der Waals surface area (Å²) in [5.41, 5.74) is -0.420. The molecule has 0 bridgehead atoms. The van der Waals surface area contributed by atoms with Crippen LogP contribution in [0.4, 0.5) is 4.39 Å². The monoisotopic (exact) mass is 293 g/mol. The summed E-state index contributed by atoms with van der Waals surface area (Å²) in [6, 6.07) is 3.87. The lowest BCUT2D eigenvalue weighted by Crippen LogP contribution is -2.49. The summed E-state index contributed by atoms with van der Waals surface area (Å²) in [6.45, 7) is 1.73. The van der Waals surface area contributed by atoms with Crippen molar-refractivity contribution in [2.75, 3.05) is 18.9 Å². The first-order valence-corrected chi connectivity index (χ1v) is 6.30. The van der Waals surface area contributed by atoms with Crippen molar-refractivity contribution in [2.24, 2.45) is 0 Å². The molecule has 0 aliphatic carbocycles. The number of rotatable bonds is 5. The molecule has 6 heteroatoms. The molecule has 1 N–H and O–H groups in total. The molecule has 0 saturated carbocycles. The second kappa shape index (κ2) is 6.25. The van der Waals surface area contributed by atoms with Gasteiger partial charge >= 0.3 is 0 Å². The molecule has 1 amide bonds. The van der Waals surface area contributed by atoms with Gasteiger partial charge in [0.25, 0.3) is 5.91 Å². The van der Waals surface area contributed by atoms with Crippen LogP contribution in [-0.4, -0.2) is 30.3 Å². The van der Waals surface area contributed by atoms with Gasteiger partial charge in [0.15, 0.2) is 11.6 Å². The highest BCUT2D eigenvalue weighted by Gasteiger charge is 2.25. The van der Waals surface area contributed by atoms with Crippen molar-refractivity contribution in [1.82, 2.24) is 5.32 Å². The summed E-state index contributed by atoms with van der Waals surface area (Å²) in [4.78, 5) is 12.0. The zero-order valence-electron chi connectivity index (χ0n) is 10.1. The van der Waals surface area contributed by atoms with E-state index in [1.54, 1.807) is 6.92 Å². The van der Waals surface area contributed by atoms with Crippen molar-refractivity contribution < 1.29 is 13.9 Å². The van der Waals surface area contributed by atoms with Gasteiger partial charge in [-0.1, -0.05) is 0 Å². The number of hydrogen-bond acceptors (Lipinski definition) is 2. The number of carbonyl (C=O) groups excluding carboxylic acids is 1. The quantitative estimate of drug-likeness (QED) is 0.848. The molecule has 100 valence electrons. The van der Waals surface area contributed by atoms with Crippen LogP contribution in [0.1, 0.15) is 17.3 Å². The largest absolute Gasteiger partial charge is 0.494 e. The molecular formula is C12H14Cl2FNO2. The van der Waals surface area contributed by atoms with E-state index in [1.165, 1.54) is 25.3 Å². The van der Waals surface area contributed by atoms with Gasteiger partial charge in [-0.25, -0.2) is 4.39 Å². The van der Waals surface area contributed by atoms with Gasteiger partial charge in [0.2, 0.25) is 0 Å². The van der Waals surface area contributed by atoms with E-state index in [4.69, 9.17) is 27.9 Å². The average Bonchev–Trinajstić information content (AvgIpc) is 2.39. The summed E-state index contributed by atoms with van der Waals surface area (Å²) in [5.74, 6) is -0.522. The van der Waals surface area contributed by atoms with E-state index in [0.717, 1.165) is 0 Å². The third-order valence-electron chi connectivity index (χ3n) is 2.42. The molecule has 0 saturated heterocycles. The third kappa shape index (κ3) is 3.50. The van der Waals surface area contributed by atoms with Gasteiger partial charge in [0.1, 0.15) is 0 Å². The number of carbonyl (C=O) groups is 1. The highest BCUT2D eigenvalue weighted by molar-refractivity contribution is 6.22. The Morgan fingerprint density at radius 3 is 2.56 bits per heavy atom. The van der Waals surface area contributed by atoms with Gasteiger partial charge in [0, 0.05) is 17.3 Å². The molecule has 0 heterocycles. The molecule has 0 spiro atoms. The molecule has 3 nitrogen and oxygen atoms in total. The van der Waals surface area contributed by atoms with Gasteiger partial charge in [-0.15, -0.1) is 23.2 Å². The van der Waals surface area contributed by atoms with E-state index in [-0.39, 0.29) is 29.0 Å². The minimum absolute atomic E-state index is 0.0149. The summed E-state index contributed by atoms with van der Waals surface area (Å²) >= 11 is 11.5. The fourth-order valence-corrected chi connectivity index (χ4v) is 1.67. The Labute approximate surface area is 115 Å². The maximum absolute atomic E-state index is 13.2. The van der Waals surface area contributed by atoms with E-state index in [2.05, 4.69) is 5.32 Å². The van der Waals surface area contributed by atoms with Crippen LogP contribution in [0.2, 0.25) is 0 Å². The first kappa shape index (κ1) is 15.1. The highest BCUT2D eigenvalue weighted by Crippen LogP contribution is 2.19. The van der Waals surface area contributed by atoms with Crippen molar-refractivity contribution in [1.29, 1.82) is 0 Å².